The van der Waals surface area contributed by atoms with E-state index in [1.165, 1.54) is 11.0 Å². The van der Waals surface area contributed by atoms with Gasteiger partial charge in [-0.2, -0.15) is 4.98 Å². The molecule has 1 heterocycles. The highest BCUT2D eigenvalue weighted by Crippen LogP contribution is 2.18. The number of nitrogens with zero attached hydrogens (tertiary/aromatic N) is 3. The standard InChI is InChI=1S/C9H8ClN3O/c1-6-4-7(10)2-3-8(6)13-5-11-9(14)12-13/h2-5H,1H3,(H,12,14). The maximum atomic E-state index is 8.99. The van der Waals surface area contributed by atoms with Crippen LogP contribution in [0.1, 0.15) is 5.56 Å². The second-order valence-corrected chi connectivity index (χ2v) is 3.36. The first kappa shape index (κ1) is 9.02. The summed E-state index contributed by atoms with van der Waals surface area (Å²) in [6, 6.07) is 5.18. The van der Waals surface area contributed by atoms with Gasteiger partial charge in [0.25, 0.3) is 0 Å². The lowest BCUT2D eigenvalue weighted by molar-refractivity contribution is 0.430. The molecule has 0 unspecified atom stereocenters. The third-order valence-corrected chi connectivity index (χ3v) is 2.12. The highest BCUT2D eigenvalue weighted by atomic mass is 35.5. The third kappa shape index (κ3) is 1.56. The quantitative estimate of drug-likeness (QED) is 0.781. The van der Waals surface area contributed by atoms with Crippen LogP contribution < -0.4 is 0 Å². The average molecular weight is 210 g/mol. The van der Waals surface area contributed by atoms with E-state index in [1.807, 2.05) is 19.1 Å². The molecule has 0 saturated heterocycles. The smallest absolute Gasteiger partial charge is 0.333 e. The van der Waals surface area contributed by atoms with Crippen molar-refractivity contribution in [1.82, 2.24) is 14.8 Å². The Morgan fingerprint density at radius 2 is 2.21 bits per heavy atom. The maximum absolute atomic E-state index is 8.99. The first-order chi connectivity index (χ1) is 6.66. The Balaban J connectivity index is 2.52. The van der Waals surface area contributed by atoms with Crippen molar-refractivity contribution in [3.8, 4) is 11.7 Å². The summed E-state index contributed by atoms with van der Waals surface area (Å²) >= 11 is 5.81. The molecule has 0 aliphatic heterocycles. The fraction of sp³-hybridized carbons (Fsp3) is 0.111. The van der Waals surface area contributed by atoms with Gasteiger partial charge in [-0.3, -0.25) is 0 Å². The molecule has 2 rings (SSSR count). The van der Waals surface area contributed by atoms with Gasteiger partial charge < -0.3 is 5.11 Å². The Morgan fingerprint density at radius 1 is 1.43 bits per heavy atom. The summed E-state index contributed by atoms with van der Waals surface area (Å²) in [5.74, 6) is 0. The number of hydrogen-bond donors (Lipinski definition) is 1. The number of benzene rings is 1. The van der Waals surface area contributed by atoms with E-state index < -0.39 is 0 Å². The zero-order chi connectivity index (χ0) is 10.1. The van der Waals surface area contributed by atoms with Gasteiger partial charge in [-0.15, -0.1) is 5.10 Å². The minimum absolute atomic E-state index is 0.237. The average Bonchev–Trinajstić information content (AvgIpc) is 2.51. The Morgan fingerprint density at radius 3 is 2.79 bits per heavy atom. The largest absolute Gasteiger partial charge is 0.478 e. The van der Waals surface area contributed by atoms with Crippen molar-refractivity contribution in [3.63, 3.8) is 0 Å². The molecule has 0 fully saturated rings. The van der Waals surface area contributed by atoms with Crippen LogP contribution in [0.25, 0.3) is 5.69 Å². The van der Waals surface area contributed by atoms with E-state index in [0.29, 0.717) is 5.02 Å². The van der Waals surface area contributed by atoms with E-state index in [2.05, 4.69) is 10.1 Å². The summed E-state index contributed by atoms with van der Waals surface area (Å²) in [7, 11) is 0. The van der Waals surface area contributed by atoms with Crippen molar-refractivity contribution in [1.29, 1.82) is 0 Å². The molecule has 0 aliphatic carbocycles. The Kier molecular flexibility index (Phi) is 2.13. The number of hydrogen-bond acceptors (Lipinski definition) is 3. The summed E-state index contributed by atoms with van der Waals surface area (Å²) in [6.45, 7) is 1.92. The predicted molar refractivity (Wildman–Crippen MR) is 52.8 cm³/mol. The molecule has 0 saturated carbocycles. The van der Waals surface area contributed by atoms with E-state index in [4.69, 9.17) is 16.7 Å². The van der Waals surface area contributed by atoms with Crippen LogP contribution in [0.5, 0.6) is 6.01 Å². The molecule has 1 aromatic carbocycles. The van der Waals surface area contributed by atoms with Gasteiger partial charge in [0.05, 0.1) is 5.69 Å². The van der Waals surface area contributed by atoms with Crippen LogP contribution >= 0.6 is 11.6 Å². The zero-order valence-corrected chi connectivity index (χ0v) is 8.23. The van der Waals surface area contributed by atoms with Crippen molar-refractivity contribution in [2.45, 2.75) is 6.92 Å². The minimum atomic E-state index is -0.237. The lowest BCUT2D eigenvalue weighted by Crippen LogP contribution is -1.96. The van der Waals surface area contributed by atoms with Gasteiger partial charge >= 0.3 is 6.01 Å². The van der Waals surface area contributed by atoms with E-state index in [1.54, 1.807) is 6.07 Å². The molecule has 1 N–H and O–H groups in total. The zero-order valence-electron chi connectivity index (χ0n) is 7.48. The first-order valence-corrected chi connectivity index (χ1v) is 4.42. The molecule has 1 aromatic heterocycles. The predicted octanol–water partition coefficient (Wildman–Crippen LogP) is 1.93. The molecule has 0 atom stereocenters. The number of halogens is 1. The second kappa shape index (κ2) is 3.31. The van der Waals surface area contributed by atoms with E-state index in [-0.39, 0.29) is 6.01 Å². The van der Waals surface area contributed by atoms with Gasteiger partial charge in [0.2, 0.25) is 0 Å². The van der Waals surface area contributed by atoms with Crippen LogP contribution in [0.15, 0.2) is 24.5 Å². The van der Waals surface area contributed by atoms with Crippen molar-refractivity contribution >= 4 is 11.6 Å². The highest BCUT2D eigenvalue weighted by molar-refractivity contribution is 6.30. The molecule has 0 aliphatic rings. The fourth-order valence-corrected chi connectivity index (χ4v) is 1.47. The molecule has 72 valence electrons. The van der Waals surface area contributed by atoms with Crippen LogP contribution in [-0.4, -0.2) is 19.9 Å². The molecule has 4 nitrogen and oxygen atoms in total. The van der Waals surface area contributed by atoms with Gasteiger partial charge in [-0.25, -0.2) is 4.68 Å². The monoisotopic (exact) mass is 209 g/mol. The Labute approximate surface area is 85.8 Å². The Bertz CT molecular complexity index is 467. The molecule has 5 heteroatoms. The molecule has 0 amide bonds. The molecule has 0 bridgehead atoms. The van der Waals surface area contributed by atoms with Crippen LogP contribution in [0.2, 0.25) is 5.02 Å². The second-order valence-electron chi connectivity index (χ2n) is 2.92. The molecular formula is C9H8ClN3O. The van der Waals surface area contributed by atoms with Crippen LogP contribution in [0.3, 0.4) is 0 Å². The normalized spacial score (nSPS) is 10.4. The van der Waals surface area contributed by atoms with E-state index >= 15 is 0 Å². The van der Waals surface area contributed by atoms with Crippen LogP contribution in [0.4, 0.5) is 0 Å². The molecule has 0 spiro atoms. The van der Waals surface area contributed by atoms with Gasteiger partial charge in [0, 0.05) is 5.02 Å². The summed E-state index contributed by atoms with van der Waals surface area (Å²) in [6.07, 6.45) is 1.45. The number of aromatic nitrogens is 3. The Hall–Kier alpha value is -1.55. The minimum Gasteiger partial charge on any atom is -0.478 e. The maximum Gasteiger partial charge on any atom is 0.333 e. The number of aryl methyl sites for hydroxylation is 1. The third-order valence-electron chi connectivity index (χ3n) is 1.89. The van der Waals surface area contributed by atoms with Crippen LogP contribution in [0, 0.1) is 6.92 Å². The van der Waals surface area contributed by atoms with Gasteiger partial charge in [0.1, 0.15) is 6.33 Å². The first-order valence-electron chi connectivity index (χ1n) is 4.04. The fourth-order valence-electron chi connectivity index (χ4n) is 1.25. The molecule has 2 aromatic rings. The van der Waals surface area contributed by atoms with Crippen LogP contribution in [-0.2, 0) is 0 Å². The molecule has 0 radical (unpaired) electrons. The lowest BCUT2D eigenvalue weighted by atomic mass is 10.2. The van der Waals surface area contributed by atoms with Crippen molar-refractivity contribution < 1.29 is 5.11 Å². The van der Waals surface area contributed by atoms with Gasteiger partial charge in [0.15, 0.2) is 0 Å². The molecule has 14 heavy (non-hydrogen) atoms. The SMILES string of the molecule is Cc1cc(Cl)ccc1-n1cnc(O)n1. The topological polar surface area (TPSA) is 50.9 Å². The molecular weight excluding hydrogens is 202 g/mol. The van der Waals surface area contributed by atoms with Crippen molar-refractivity contribution in [2.24, 2.45) is 0 Å². The van der Waals surface area contributed by atoms with Gasteiger partial charge in [-0.1, -0.05) is 11.6 Å². The van der Waals surface area contributed by atoms with E-state index in [0.717, 1.165) is 11.3 Å². The highest BCUT2D eigenvalue weighted by Gasteiger charge is 2.04. The number of aromatic hydroxyl groups is 1. The lowest BCUT2D eigenvalue weighted by Gasteiger charge is -2.04. The number of rotatable bonds is 1. The van der Waals surface area contributed by atoms with Crippen molar-refractivity contribution in [2.75, 3.05) is 0 Å². The summed E-state index contributed by atoms with van der Waals surface area (Å²) in [5, 5.41) is 13.5. The summed E-state index contributed by atoms with van der Waals surface area (Å²) < 4.78 is 1.50. The van der Waals surface area contributed by atoms with Gasteiger partial charge in [-0.05, 0) is 30.7 Å². The summed E-state index contributed by atoms with van der Waals surface area (Å²) in [5.41, 5.74) is 1.82. The van der Waals surface area contributed by atoms with E-state index in [9.17, 15) is 0 Å². The summed E-state index contributed by atoms with van der Waals surface area (Å²) in [4.78, 5) is 3.63. The van der Waals surface area contributed by atoms with Crippen molar-refractivity contribution in [3.05, 3.63) is 35.1 Å².